The standard InChI is InChI=1S/C19H18BrClN4O4S/c1-19(2,3)12-6-4-10(8-13(12)20)16(26)22-18(30)24-23-17(27)11-5-7-14(21)15(9-11)25(28)29/h4-9H,1-3H3,(H,23,27)(H2,22,24,26,30). The van der Waals surface area contributed by atoms with Crippen LogP contribution in [0.4, 0.5) is 5.69 Å². The highest BCUT2D eigenvalue weighted by Gasteiger charge is 2.19. The minimum absolute atomic E-state index is 0.00516. The van der Waals surface area contributed by atoms with Gasteiger partial charge in [-0.3, -0.25) is 35.9 Å². The Hall–Kier alpha value is -2.56. The minimum atomic E-state index is -0.694. The van der Waals surface area contributed by atoms with Crippen LogP contribution >= 0.6 is 39.7 Å². The lowest BCUT2D eigenvalue weighted by atomic mass is 9.86. The zero-order valence-corrected chi connectivity index (χ0v) is 19.4. The van der Waals surface area contributed by atoms with Crippen molar-refractivity contribution in [1.29, 1.82) is 0 Å². The second-order valence-corrected chi connectivity index (χ2v) is 8.90. The van der Waals surface area contributed by atoms with Gasteiger partial charge in [-0.2, -0.15) is 0 Å². The van der Waals surface area contributed by atoms with Gasteiger partial charge < -0.3 is 0 Å². The fraction of sp³-hybridized carbons (Fsp3) is 0.211. The number of rotatable bonds is 3. The van der Waals surface area contributed by atoms with E-state index in [1.165, 1.54) is 12.1 Å². The number of nitrogens with zero attached hydrogens (tertiary/aromatic N) is 1. The van der Waals surface area contributed by atoms with E-state index in [4.69, 9.17) is 23.8 Å². The molecule has 0 aliphatic carbocycles. The Labute approximate surface area is 191 Å². The van der Waals surface area contributed by atoms with E-state index in [1.807, 2.05) is 6.07 Å². The molecular formula is C19H18BrClN4O4S. The van der Waals surface area contributed by atoms with Crippen molar-refractivity contribution in [3.8, 4) is 0 Å². The van der Waals surface area contributed by atoms with Crippen LogP contribution in [0, 0.1) is 10.1 Å². The Morgan fingerprint density at radius 2 is 1.67 bits per heavy atom. The molecule has 2 aromatic carbocycles. The largest absolute Gasteiger partial charge is 0.298 e. The zero-order chi connectivity index (χ0) is 22.6. The first-order valence-corrected chi connectivity index (χ1v) is 10.1. The number of benzene rings is 2. The number of amides is 2. The van der Waals surface area contributed by atoms with Crippen LogP contribution in [-0.2, 0) is 5.41 Å². The molecule has 3 N–H and O–H groups in total. The molecule has 8 nitrogen and oxygen atoms in total. The summed E-state index contributed by atoms with van der Waals surface area (Å²) in [6.45, 7) is 6.18. The highest BCUT2D eigenvalue weighted by atomic mass is 79.9. The monoisotopic (exact) mass is 512 g/mol. The number of nitrogens with one attached hydrogen (secondary N) is 3. The smallest absolute Gasteiger partial charge is 0.288 e. The van der Waals surface area contributed by atoms with E-state index in [2.05, 4.69) is 52.9 Å². The summed E-state index contributed by atoms with van der Waals surface area (Å²) < 4.78 is 0.791. The average molecular weight is 514 g/mol. The summed E-state index contributed by atoms with van der Waals surface area (Å²) >= 11 is 14.2. The Morgan fingerprint density at radius 1 is 1.07 bits per heavy atom. The van der Waals surface area contributed by atoms with Crippen LogP contribution in [0.25, 0.3) is 0 Å². The van der Waals surface area contributed by atoms with Crippen molar-refractivity contribution in [3.05, 3.63) is 72.7 Å². The Balaban J connectivity index is 1.98. The average Bonchev–Trinajstić information content (AvgIpc) is 2.65. The molecule has 30 heavy (non-hydrogen) atoms. The van der Waals surface area contributed by atoms with E-state index in [9.17, 15) is 19.7 Å². The van der Waals surface area contributed by atoms with E-state index in [1.54, 1.807) is 12.1 Å². The van der Waals surface area contributed by atoms with Crippen LogP contribution in [-0.4, -0.2) is 21.9 Å². The fourth-order valence-electron chi connectivity index (χ4n) is 2.45. The topological polar surface area (TPSA) is 113 Å². The second kappa shape index (κ2) is 9.50. The van der Waals surface area contributed by atoms with Gasteiger partial charge in [-0.05, 0) is 47.5 Å². The number of hydrogen-bond donors (Lipinski definition) is 3. The van der Waals surface area contributed by atoms with E-state index in [0.29, 0.717) is 5.56 Å². The number of thiocarbonyl (C=S) groups is 1. The van der Waals surface area contributed by atoms with E-state index >= 15 is 0 Å². The predicted octanol–water partition coefficient (Wildman–Crippen LogP) is 4.26. The molecular weight excluding hydrogens is 496 g/mol. The number of hydrazine groups is 1. The van der Waals surface area contributed by atoms with Gasteiger partial charge in [0, 0.05) is 21.7 Å². The maximum atomic E-state index is 12.4. The highest BCUT2D eigenvalue weighted by Crippen LogP contribution is 2.30. The Morgan fingerprint density at radius 3 is 2.23 bits per heavy atom. The van der Waals surface area contributed by atoms with E-state index in [-0.39, 0.29) is 21.1 Å². The van der Waals surface area contributed by atoms with Crippen LogP contribution in [0.1, 0.15) is 47.1 Å². The third-order valence-corrected chi connectivity index (χ3v) is 5.14. The molecule has 0 bridgehead atoms. The summed E-state index contributed by atoms with van der Waals surface area (Å²) in [6.07, 6.45) is 0. The van der Waals surface area contributed by atoms with Gasteiger partial charge in [-0.1, -0.05) is 54.4 Å². The van der Waals surface area contributed by atoms with Gasteiger partial charge in [0.05, 0.1) is 4.92 Å². The number of halogens is 2. The van der Waals surface area contributed by atoms with Gasteiger partial charge in [-0.25, -0.2) is 0 Å². The Kier molecular flexibility index (Phi) is 7.51. The molecule has 2 amide bonds. The number of nitro benzene ring substituents is 1. The molecule has 0 aliphatic rings. The Bertz CT molecular complexity index is 1040. The first-order valence-electron chi connectivity index (χ1n) is 8.56. The molecule has 0 unspecified atom stereocenters. The number of carbonyl (C=O) groups is 2. The van der Waals surface area contributed by atoms with Crippen molar-refractivity contribution in [3.63, 3.8) is 0 Å². The molecule has 2 rings (SSSR count). The van der Waals surface area contributed by atoms with Crippen LogP contribution < -0.4 is 16.2 Å². The highest BCUT2D eigenvalue weighted by molar-refractivity contribution is 9.10. The normalized spacial score (nSPS) is 10.8. The molecule has 2 aromatic rings. The van der Waals surface area contributed by atoms with Gasteiger partial charge in [0.15, 0.2) is 5.11 Å². The first kappa shape index (κ1) is 23.7. The molecule has 0 fully saturated rings. The lowest BCUT2D eigenvalue weighted by Gasteiger charge is -2.21. The van der Waals surface area contributed by atoms with Crippen LogP contribution in [0.15, 0.2) is 40.9 Å². The second-order valence-electron chi connectivity index (χ2n) is 7.23. The molecule has 158 valence electrons. The van der Waals surface area contributed by atoms with Crippen molar-refractivity contribution in [2.45, 2.75) is 26.2 Å². The van der Waals surface area contributed by atoms with Crippen LogP contribution in [0.2, 0.25) is 5.02 Å². The molecule has 11 heteroatoms. The molecule has 0 radical (unpaired) electrons. The quantitative estimate of drug-likeness (QED) is 0.321. The third kappa shape index (κ3) is 5.97. The lowest BCUT2D eigenvalue weighted by Crippen LogP contribution is -2.48. The minimum Gasteiger partial charge on any atom is -0.298 e. The molecule has 0 atom stereocenters. The molecule has 0 aliphatic heterocycles. The predicted molar refractivity (Wildman–Crippen MR) is 122 cm³/mol. The zero-order valence-electron chi connectivity index (χ0n) is 16.2. The van der Waals surface area contributed by atoms with E-state index < -0.39 is 22.4 Å². The van der Waals surface area contributed by atoms with Crippen molar-refractivity contribution < 1.29 is 14.5 Å². The number of nitro groups is 1. The summed E-state index contributed by atoms with van der Waals surface area (Å²) in [7, 11) is 0. The molecule has 0 saturated carbocycles. The maximum Gasteiger partial charge on any atom is 0.288 e. The number of hydrogen-bond acceptors (Lipinski definition) is 5. The fourth-order valence-corrected chi connectivity index (χ4v) is 3.75. The molecule has 0 saturated heterocycles. The summed E-state index contributed by atoms with van der Waals surface area (Å²) in [5.74, 6) is -1.16. The van der Waals surface area contributed by atoms with Gasteiger partial charge in [-0.15, -0.1) is 0 Å². The summed E-state index contributed by atoms with van der Waals surface area (Å²) in [4.78, 5) is 34.8. The molecule has 0 heterocycles. The van der Waals surface area contributed by atoms with Gasteiger partial charge in [0.25, 0.3) is 17.5 Å². The summed E-state index contributed by atoms with van der Waals surface area (Å²) in [6, 6.07) is 8.81. The summed E-state index contributed by atoms with van der Waals surface area (Å²) in [5.41, 5.74) is 5.57. The first-order chi connectivity index (χ1) is 13.9. The van der Waals surface area contributed by atoms with Gasteiger partial charge in [0.2, 0.25) is 0 Å². The molecule has 0 aromatic heterocycles. The van der Waals surface area contributed by atoms with Crippen molar-refractivity contribution in [1.82, 2.24) is 16.2 Å². The summed E-state index contributed by atoms with van der Waals surface area (Å²) in [5, 5.41) is 13.1. The van der Waals surface area contributed by atoms with Crippen molar-refractivity contribution in [2.24, 2.45) is 0 Å². The maximum absolute atomic E-state index is 12.4. The van der Waals surface area contributed by atoms with E-state index in [0.717, 1.165) is 16.1 Å². The van der Waals surface area contributed by atoms with Crippen molar-refractivity contribution in [2.75, 3.05) is 0 Å². The van der Waals surface area contributed by atoms with Gasteiger partial charge >= 0.3 is 0 Å². The molecule has 0 spiro atoms. The van der Waals surface area contributed by atoms with Crippen molar-refractivity contribution >= 4 is 62.4 Å². The van der Waals surface area contributed by atoms with Crippen LogP contribution in [0.3, 0.4) is 0 Å². The number of carbonyl (C=O) groups excluding carboxylic acids is 2. The van der Waals surface area contributed by atoms with Crippen LogP contribution in [0.5, 0.6) is 0 Å². The lowest BCUT2D eigenvalue weighted by molar-refractivity contribution is -0.384. The third-order valence-electron chi connectivity index (χ3n) is 3.96. The van der Waals surface area contributed by atoms with Gasteiger partial charge in [0.1, 0.15) is 5.02 Å². The SMILES string of the molecule is CC(C)(C)c1ccc(C(=O)NC(=S)NNC(=O)c2ccc(Cl)c([N+](=O)[O-])c2)cc1Br.